The normalized spacial score (nSPS) is 14.9. The van der Waals surface area contributed by atoms with E-state index in [-0.39, 0.29) is 36.9 Å². The Morgan fingerprint density at radius 2 is 1.71 bits per heavy atom. The van der Waals surface area contributed by atoms with Crippen molar-refractivity contribution in [3.63, 3.8) is 0 Å². The lowest BCUT2D eigenvalue weighted by molar-refractivity contribution is -0.120. The van der Waals surface area contributed by atoms with E-state index in [0.29, 0.717) is 6.54 Å². The fourth-order valence-electron chi connectivity index (χ4n) is 2.30. The minimum Gasteiger partial charge on any atom is -0.353 e. The summed E-state index contributed by atoms with van der Waals surface area (Å²) in [5, 5.41) is 11.5. The van der Waals surface area contributed by atoms with E-state index in [1.165, 1.54) is 19.3 Å². The van der Waals surface area contributed by atoms with E-state index in [1.807, 2.05) is 0 Å². The molecule has 1 saturated carbocycles. The monoisotopic (exact) mass is 320 g/mol. The van der Waals surface area contributed by atoms with E-state index in [2.05, 4.69) is 28.2 Å². The van der Waals surface area contributed by atoms with Gasteiger partial charge in [0.2, 0.25) is 5.91 Å². The Balaban J connectivity index is 0.00000400. The van der Waals surface area contributed by atoms with Crippen LogP contribution in [0.25, 0.3) is 0 Å². The van der Waals surface area contributed by atoms with Crippen LogP contribution in [0.1, 0.15) is 45.4 Å². The van der Waals surface area contributed by atoms with Crippen LogP contribution in [0.5, 0.6) is 0 Å². The van der Waals surface area contributed by atoms with E-state index in [4.69, 9.17) is 0 Å². The Morgan fingerprint density at radius 3 is 2.38 bits per heavy atom. The summed E-state index contributed by atoms with van der Waals surface area (Å²) in [5.41, 5.74) is 0. The number of carbonyl (C=O) groups is 2. The SMILES string of the molecule is CCCNCCNC(=O)CNC(=O)NC1CCCCC1.Cl. The van der Waals surface area contributed by atoms with Crippen LogP contribution in [0, 0.1) is 0 Å². The third-order valence-corrected chi connectivity index (χ3v) is 3.40. The van der Waals surface area contributed by atoms with Crippen molar-refractivity contribution in [3.8, 4) is 0 Å². The molecule has 0 heterocycles. The molecule has 0 atom stereocenters. The molecule has 1 aliphatic rings. The van der Waals surface area contributed by atoms with Crippen LogP contribution in [0.3, 0.4) is 0 Å². The maximum Gasteiger partial charge on any atom is 0.315 e. The average Bonchev–Trinajstić information content (AvgIpc) is 2.46. The van der Waals surface area contributed by atoms with Crippen molar-refractivity contribution in [1.29, 1.82) is 0 Å². The Labute approximate surface area is 133 Å². The van der Waals surface area contributed by atoms with E-state index in [9.17, 15) is 9.59 Å². The first-order valence-corrected chi connectivity index (χ1v) is 7.74. The largest absolute Gasteiger partial charge is 0.353 e. The molecule has 7 heteroatoms. The molecule has 0 saturated heterocycles. The number of urea groups is 1. The van der Waals surface area contributed by atoms with Crippen molar-refractivity contribution in [3.05, 3.63) is 0 Å². The van der Waals surface area contributed by atoms with Crippen LogP contribution >= 0.6 is 12.4 Å². The number of halogens is 1. The van der Waals surface area contributed by atoms with Gasteiger partial charge >= 0.3 is 6.03 Å². The van der Waals surface area contributed by atoms with Crippen LogP contribution in [-0.2, 0) is 4.79 Å². The van der Waals surface area contributed by atoms with E-state index in [1.54, 1.807) is 0 Å². The third kappa shape index (κ3) is 10.4. The van der Waals surface area contributed by atoms with Crippen LogP contribution in [0.2, 0.25) is 0 Å². The summed E-state index contributed by atoms with van der Waals surface area (Å²) in [5.74, 6) is -0.151. The number of nitrogens with one attached hydrogen (secondary N) is 4. The minimum absolute atomic E-state index is 0. The molecular weight excluding hydrogens is 292 g/mol. The molecule has 124 valence electrons. The Kier molecular flexibility index (Phi) is 12.1. The van der Waals surface area contributed by atoms with Gasteiger partial charge in [-0.3, -0.25) is 4.79 Å². The molecule has 4 N–H and O–H groups in total. The number of amides is 3. The molecule has 1 aliphatic carbocycles. The first-order chi connectivity index (χ1) is 9.72. The highest BCUT2D eigenvalue weighted by atomic mass is 35.5. The molecule has 0 radical (unpaired) electrons. The fourth-order valence-corrected chi connectivity index (χ4v) is 2.30. The maximum absolute atomic E-state index is 11.6. The van der Waals surface area contributed by atoms with Gasteiger partial charge in [0, 0.05) is 19.1 Å². The van der Waals surface area contributed by atoms with Crippen molar-refractivity contribution in [2.75, 3.05) is 26.2 Å². The number of hydrogen-bond donors (Lipinski definition) is 4. The lowest BCUT2D eigenvalue weighted by atomic mass is 9.96. The predicted molar refractivity (Wildman–Crippen MR) is 86.8 cm³/mol. The second-order valence-corrected chi connectivity index (χ2v) is 5.26. The summed E-state index contributed by atoms with van der Waals surface area (Å²) in [4.78, 5) is 23.1. The quantitative estimate of drug-likeness (QED) is 0.506. The van der Waals surface area contributed by atoms with Gasteiger partial charge in [0.25, 0.3) is 0 Å². The van der Waals surface area contributed by atoms with Crippen LogP contribution < -0.4 is 21.3 Å². The topological polar surface area (TPSA) is 82.3 Å². The Morgan fingerprint density at radius 1 is 1.00 bits per heavy atom. The molecule has 6 nitrogen and oxygen atoms in total. The molecule has 0 unspecified atom stereocenters. The Hall–Kier alpha value is -1.01. The number of carbonyl (C=O) groups excluding carboxylic acids is 2. The summed E-state index contributed by atoms with van der Waals surface area (Å²) >= 11 is 0. The average molecular weight is 321 g/mol. The number of rotatable bonds is 8. The Bertz CT molecular complexity index is 297. The molecule has 0 aromatic rings. The van der Waals surface area contributed by atoms with Gasteiger partial charge in [-0.2, -0.15) is 0 Å². The van der Waals surface area contributed by atoms with Crippen molar-refractivity contribution in [2.24, 2.45) is 0 Å². The molecule has 0 aromatic heterocycles. The second-order valence-electron chi connectivity index (χ2n) is 5.26. The molecule has 1 rings (SSSR count). The summed E-state index contributed by atoms with van der Waals surface area (Å²) in [6.45, 7) is 4.43. The molecule has 0 aromatic carbocycles. The van der Waals surface area contributed by atoms with E-state index < -0.39 is 0 Å². The van der Waals surface area contributed by atoms with Crippen molar-refractivity contribution in [2.45, 2.75) is 51.5 Å². The van der Waals surface area contributed by atoms with Gasteiger partial charge in [0.15, 0.2) is 0 Å². The fraction of sp³-hybridized carbons (Fsp3) is 0.857. The van der Waals surface area contributed by atoms with Crippen molar-refractivity contribution >= 4 is 24.3 Å². The summed E-state index contributed by atoms with van der Waals surface area (Å²) in [6.07, 6.45) is 6.78. The highest BCUT2D eigenvalue weighted by Crippen LogP contribution is 2.16. The lowest BCUT2D eigenvalue weighted by Crippen LogP contribution is -2.46. The first kappa shape index (κ1) is 20.0. The summed E-state index contributed by atoms with van der Waals surface area (Å²) < 4.78 is 0. The zero-order valence-corrected chi connectivity index (χ0v) is 13.7. The smallest absolute Gasteiger partial charge is 0.315 e. The van der Waals surface area contributed by atoms with Gasteiger partial charge in [-0.25, -0.2) is 4.79 Å². The first-order valence-electron chi connectivity index (χ1n) is 7.74. The van der Waals surface area contributed by atoms with Gasteiger partial charge in [-0.05, 0) is 25.8 Å². The highest BCUT2D eigenvalue weighted by Gasteiger charge is 2.15. The molecular formula is C14H29ClN4O2. The number of hydrogen-bond acceptors (Lipinski definition) is 3. The standard InChI is InChI=1S/C14H28N4O2.ClH/c1-2-8-15-9-10-16-13(19)11-17-14(20)18-12-6-4-3-5-7-12;/h12,15H,2-11H2,1H3,(H,16,19)(H2,17,18,20);1H. The van der Waals surface area contributed by atoms with Crippen molar-refractivity contribution < 1.29 is 9.59 Å². The van der Waals surface area contributed by atoms with Crippen LogP contribution in [-0.4, -0.2) is 44.2 Å². The second kappa shape index (κ2) is 12.7. The molecule has 3 amide bonds. The highest BCUT2D eigenvalue weighted by molar-refractivity contribution is 5.85. The van der Waals surface area contributed by atoms with Crippen LogP contribution in [0.4, 0.5) is 4.79 Å². The van der Waals surface area contributed by atoms with E-state index in [0.717, 1.165) is 32.4 Å². The van der Waals surface area contributed by atoms with Gasteiger partial charge < -0.3 is 21.3 Å². The zero-order chi connectivity index (χ0) is 14.6. The molecule has 1 fully saturated rings. The maximum atomic E-state index is 11.6. The predicted octanol–water partition coefficient (Wildman–Crippen LogP) is 1.16. The van der Waals surface area contributed by atoms with Crippen molar-refractivity contribution in [1.82, 2.24) is 21.3 Å². The van der Waals surface area contributed by atoms with Gasteiger partial charge in [0.1, 0.15) is 0 Å². The summed E-state index contributed by atoms with van der Waals surface area (Å²) in [7, 11) is 0. The van der Waals surface area contributed by atoms with E-state index >= 15 is 0 Å². The van der Waals surface area contributed by atoms with Gasteiger partial charge in [-0.1, -0.05) is 26.2 Å². The lowest BCUT2D eigenvalue weighted by Gasteiger charge is -2.22. The molecule has 0 bridgehead atoms. The minimum atomic E-state index is -0.240. The van der Waals surface area contributed by atoms with Crippen LogP contribution in [0.15, 0.2) is 0 Å². The molecule has 0 aliphatic heterocycles. The summed E-state index contributed by atoms with van der Waals surface area (Å²) in [6, 6.07) is 0.0289. The molecule has 21 heavy (non-hydrogen) atoms. The van der Waals surface area contributed by atoms with Gasteiger partial charge in [0.05, 0.1) is 6.54 Å². The molecule has 0 spiro atoms. The third-order valence-electron chi connectivity index (χ3n) is 3.40. The van der Waals surface area contributed by atoms with Gasteiger partial charge in [-0.15, -0.1) is 12.4 Å². The zero-order valence-electron chi connectivity index (χ0n) is 12.9.